The van der Waals surface area contributed by atoms with Gasteiger partial charge in [-0.05, 0) is 50.1 Å². The molecular weight excluding hydrogens is 334 g/mol. The highest BCUT2D eigenvalue weighted by molar-refractivity contribution is 5.92. The molecule has 2 aromatic rings. The van der Waals surface area contributed by atoms with E-state index in [1.807, 2.05) is 45.0 Å². The fourth-order valence-corrected chi connectivity index (χ4v) is 2.71. The number of amides is 1. The number of esters is 1. The van der Waals surface area contributed by atoms with Gasteiger partial charge in [-0.1, -0.05) is 23.8 Å². The lowest BCUT2D eigenvalue weighted by Gasteiger charge is -2.15. The summed E-state index contributed by atoms with van der Waals surface area (Å²) in [6.45, 7) is 5.45. The van der Waals surface area contributed by atoms with Crippen LogP contribution in [0.2, 0.25) is 0 Å². The molecule has 0 bridgehead atoms. The van der Waals surface area contributed by atoms with Crippen molar-refractivity contribution in [3.05, 3.63) is 58.7 Å². The second-order valence-electron chi connectivity index (χ2n) is 6.30. The van der Waals surface area contributed by atoms with Crippen molar-refractivity contribution in [1.29, 1.82) is 0 Å². The van der Waals surface area contributed by atoms with Gasteiger partial charge in [0.15, 0.2) is 18.1 Å². The third-order valence-corrected chi connectivity index (χ3v) is 4.22. The van der Waals surface area contributed by atoms with E-state index in [9.17, 15) is 9.59 Å². The van der Waals surface area contributed by atoms with Gasteiger partial charge in [0.25, 0.3) is 5.91 Å². The Morgan fingerprint density at radius 3 is 2.69 bits per heavy atom. The molecule has 1 heterocycles. The van der Waals surface area contributed by atoms with Crippen molar-refractivity contribution in [3.63, 3.8) is 0 Å². The molecule has 1 unspecified atom stereocenters. The Labute approximate surface area is 152 Å². The van der Waals surface area contributed by atoms with Crippen LogP contribution >= 0.6 is 0 Å². The van der Waals surface area contributed by atoms with Gasteiger partial charge in [-0.15, -0.1) is 0 Å². The fraction of sp³-hybridized carbons (Fsp3) is 0.300. The molecule has 3 rings (SSSR count). The molecule has 136 valence electrons. The third kappa shape index (κ3) is 3.96. The molecule has 1 aliphatic heterocycles. The number of rotatable bonds is 5. The molecule has 2 aromatic carbocycles. The molecule has 6 nitrogen and oxygen atoms in total. The number of hydrogen-bond acceptors (Lipinski definition) is 5. The number of carbonyl (C=O) groups is 2. The van der Waals surface area contributed by atoms with E-state index in [1.165, 1.54) is 0 Å². The van der Waals surface area contributed by atoms with Gasteiger partial charge in [-0.25, -0.2) is 4.79 Å². The lowest BCUT2D eigenvalue weighted by Crippen LogP contribution is -2.31. The first-order chi connectivity index (χ1) is 12.4. The number of ether oxygens (including phenoxy) is 3. The summed E-state index contributed by atoms with van der Waals surface area (Å²) in [6, 6.07) is 10.8. The predicted octanol–water partition coefficient (Wildman–Crippen LogP) is 3.07. The largest absolute Gasteiger partial charge is 0.454 e. The predicted molar refractivity (Wildman–Crippen MR) is 95.3 cm³/mol. The number of fused-ring (bicyclic) bond motifs is 1. The minimum Gasteiger partial charge on any atom is -0.454 e. The van der Waals surface area contributed by atoms with Crippen molar-refractivity contribution in [2.75, 3.05) is 13.4 Å². The van der Waals surface area contributed by atoms with Crippen LogP contribution in [-0.2, 0) is 9.53 Å². The summed E-state index contributed by atoms with van der Waals surface area (Å²) >= 11 is 0. The zero-order valence-corrected chi connectivity index (χ0v) is 15.0. The van der Waals surface area contributed by atoms with E-state index in [4.69, 9.17) is 14.2 Å². The van der Waals surface area contributed by atoms with Crippen LogP contribution in [0.15, 0.2) is 36.4 Å². The monoisotopic (exact) mass is 355 g/mol. The smallest absolute Gasteiger partial charge is 0.338 e. The molecule has 0 aromatic heterocycles. The average Bonchev–Trinajstić information content (AvgIpc) is 3.09. The van der Waals surface area contributed by atoms with E-state index in [-0.39, 0.29) is 25.3 Å². The molecular formula is C20H21NO5. The Bertz CT molecular complexity index is 846. The van der Waals surface area contributed by atoms with Crippen LogP contribution in [0.5, 0.6) is 11.5 Å². The van der Waals surface area contributed by atoms with Crippen LogP contribution in [-0.4, -0.2) is 25.3 Å². The van der Waals surface area contributed by atoms with Crippen LogP contribution < -0.4 is 14.8 Å². The summed E-state index contributed by atoms with van der Waals surface area (Å²) in [7, 11) is 0. The maximum atomic E-state index is 12.2. The second-order valence-corrected chi connectivity index (χ2v) is 6.30. The first-order valence-electron chi connectivity index (χ1n) is 8.37. The Hall–Kier alpha value is -3.02. The van der Waals surface area contributed by atoms with Gasteiger partial charge in [0.2, 0.25) is 6.79 Å². The molecule has 1 aliphatic rings. The summed E-state index contributed by atoms with van der Waals surface area (Å²) in [6.07, 6.45) is 0. The number of aryl methyl sites for hydroxylation is 2. The van der Waals surface area contributed by atoms with Crippen molar-refractivity contribution in [2.45, 2.75) is 26.8 Å². The molecule has 0 saturated carbocycles. The van der Waals surface area contributed by atoms with Gasteiger partial charge < -0.3 is 19.5 Å². The average molecular weight is 355 g/mol. The number of hydrogen-bond donors (Lipinski definition) is 1. The van der Waals surface area contributed by atoms with Gasteiger partial charge in [0.05, 0.1) is 11.6 Å². The Morgan fingerprint density at radius 1 is 1.12 bits per heavy atom. The highest BCUT2D eigenvalue weighted by Gasteiger charge is 2.18. The number of carbonyl (C=O) groups excluding carboxylic acids is 2. The molecule has 1 N–H and O–H groups in total. The number of nitrogens with one attached hydrogen (secondary N) is 1. The minimum atomic E-state index is -0.503. The summed E-state index contributed by atoms with van der Waals surface area (Å²) in [5.74, 6) is 0.477. The molecule has 0 spiro atoms. The van der Waals surface area contributed by atoms with E-state index in [0.29, 0.717) is 17.1 Å². The normalized spacial score (nSPS) is 13.2. The molecule has 0 aliphatic carbocycles. The zero-order chi connectivity index (χ0) is 18.7. The first kappa shape index (κ1) is 17.8. The van der Waals surface area contributed by atoms with Crippen LogP contribution in [0.3, 0.4) is 0 Å². The van der Waals surface area contributed by atoms with E-state index >= 15 is 0 Å². The third-order valence-electron chi connectivity index (χ3n) is 4.22. The van der Waals surface area contributed by atoms with Crippen molar-refractivity contribution >= 4 is 11.9 Å². The molecule has 0 fully saturated rings. The standard InChI is InChI=1S/C20H21NO5/c1-12-4-5-13(2)16(8-12)20(23)24-10-19(22)21-14(3)15-6-7-17-18(9-15)26-11-25-17/h4-9,14H,10-11H2,1-3H3,(H,21,22). The lowest BCUT2D eigenvalue weighted by molar-refractivity contribution is -0.124. The van der Waals surface area contributed by atoms with Crippen molar-refractivity contribution in [3.8, 4) is 11.5 Å². The fourth-order valence-electron chi connectivity index (χ4n) is 2.71. The second kappa shape index (κ2) is 7.47. The molecule has 6 heteroatoms. The van der Waals surface area contributed by atoms with Gasteiger partial charge in [0.1, 0.15) is 0 Å². The Morgan fingerprint density at radius 2 is 1.88 bits per heavy atom. The quantitative estimate of drug-likeness (QED) is 0.835. The molecule has 0 saturated heterocycles. The Kier molecular flexibility index (Phi) is 5.11. The van der Waals surface area contributed by atoms with Gasteiger partial charge in [-0.3, -0.25) is 4.79 Å². The number of benzene rings is 2. The van der Waals surface area contributed by atoms with Crippen molar-refractivity contribution in [2.24, 2.45) is 0 Å². The summed E-state index contributed by atoms with van der Waals surface area (Å²) in [5.41, 5.74) is 3.13. The van der Waals surface area contributed by atoms with Gasteiger partial charge >= 0.3 is 5.97 Å². The topological polar surface area (TPSA) is 73.9 Å². The summed E-state index contributed by atoms with van der Waals surface area (Å²) in [5, 5.41) is 2.81. The van der Waals surface area contributed by atoms with Crippen LogP contribution in [0.1, 0.15) is 40.0 Å². The van der Waals surface area contributed by atoms with Crippen molar-refractivity contribution in [1.82, 2.24) is 5.32 Å². The van der Waals surface area contributed by atoms with Crippen molar-refractivity contribution < 1.29 is 23.8 Å². The van der Waals surface area contributed by atoms with E-state index in [1.54, 1.807) is 12.1 Å². The molecule has 1 amide bonds. The van der Waals surface area contributed by atoms with Crippen LogP contribution in [0, 0.1) is 13.8 Å². The first-order valence-corrected chi connectivity index (χ1v) is 8.37. The minimum absolute atomic E-state index is 0.202. The molecule has 1 atom stereocenters. The van der Waals surface area contributed by atoms with E-state index in [2.05, 4.69) is 5.32 Å². The summed E-state index contributed by atoms with van der Waals surface area (Å²) in [4.78, 5) is 24.3. The maximum Gasteiger partial charge on any atom is 0.338 e. The highest BCUT2D eigenvalue weighted by Crippen LogP contribution is 2.34. The van der Waals surface area contributed by atoms with E-state index < -0.39 is 5.97 Å². The van der Waals surface area contributed by atoms with Gasteiger partial charge in [-0.2, -0.15) is 0 Å². The lowest BCUT2D eigenvalue weighted by atomic mass is 10.1. The Balaban J connectivity index is 1.55. The van der Waals surface area contributed by atoms with Crippen LogP contribution in [0.25, 0.3) is 0 Å². The van der Waals surface area contributed by atoms with E-state index in [0.717, 1.165) is 16.7 Å². The molecule has 26 heavy (non-hydrogen) atoms. The van der Waals surface area contributed by atoms with Crippen LogP contribution in [0.4, 0.5) is 0 Å². The zero-order valence-electron chi connectivity index (χ0n) is 15.0. The highest BCUT2D eigenvalue weighted by atomic mass is 16.7. The SMILES string of the molecule is Cc1ccc(C)c(C(=O)OCC(=O)NC(C)c2ccc3c(c2)OCO3)c1. The summed E-state index contributed by atoms with van der Waals surface area (Å²) < 4.78 is 15.8. The van der Waals surface area contributed by atoms with Gasteiger partial charge in [0, 0.05) is 0 Å². The molecule has 0 radical (unpaired) electrons. The maximum absolute atomic E-state index is 12.2.